The zero-order chi connectivity index (χ0) is 11.4. The van der Waals surface area contributed by atoms with Gasteiger partial charge in [0.1, 0.15) is 11.0 Å². The number of nitrogens with two attached hydrogens (primary N) is 1. The molecule has 0 aliphatic rings. The Morgan fingerprint density at radius 2 is 2.33 bits per heavy atom. The fourth-order valence-electron chi connectivity index (χ4n) is 0.945. The predicted molar refractivity (Wildman–Crippen MR) is 63.4 cm³/mol. The van der Waals surface area contributed by atoms with Crippen LogP contribution in [0.2, 0.25) is 0 Å². The van der Waals surface area contributed by atoms with Crippen LogP contribution in [-0.2, 0) is 10.5 Å². The van der Waals surface area contributed by atoms with E-state index in [9.17, 15) is 4.79 Å². The molecule has 1 aromatic heterocycles. The van der Waals surface area contributed by atoms with Gasteiger partial charge in [-0.25, -0.2) is 4.98 Å². The molecule has 6 heteroatoms. The van der Waals surface area contributed by atoms with Crippen LogP contribution in [0.3, 0.4) is 0 Å². The number of thiazole rings is 1. The zero-order valence-corrected chi connectivity index (χ0v) is 10.3. The molecule has 0 radical (unpaired) electrons. The zero-order valence-electron chi connectivity index (χ0n) is 8.69. The van der Waals surface area contributed by atoms with Crippen molar-refractivity contribution in [3.8, 4) is 0 Å². The van der Waals surface area contributed by atoms with Crippen LogP contribution >= 0.6 is 23.1 Å². The molecule has 1 rings (SSSR count). The highest BCUT2D eigenvalue weighted by molar-refractivity contribution is 7.98. The summed E-state index contributed by atoms with van der Waals surface area (Å²) in [6.07, 6.45) is 0. The molecule has 0 bridgehead atoms. The van der Waals surface area contributed by atoms with E-state index in [0.717, 1.165) is 16.5 Å². The first-order valence-corrected chi connectivity index (χ1v) is 6.47. The van der Waals surface area contributed by atoms with Crippen LogP contribution in [0, 0.1) is 13.8 Å². The maximum Gasteiger partial charge on any atom is 0.321 e. The quantitative estimate of drug-likeness (QED) is 0.821. The van der Waals surface area contributed by atoms with Crippen LogP contribution < -0.4 is 5.73 Å². The van der Waals surface area contributed by atoms with E-state index in [1.807, 2.05) is 13.8 Å². The molecule has 0 aliphatic heterocycles. The average molecular weight is 246 g/mol. The molecule has 4 nitrogen and oxygen atoms in total. The van der Waals surface area contributed by atoms with E-state index in [4.69, 9.17) is 10.8 Å². The van der Waals surface area contributed by atoms with E-state index in [1.165, 1.54) is 16.6 Å². The Balaban J connectivity index is 2.35. The van der Waals surface area contributed by atoms with Crippen molar-refractivity contribution in [1.29, 1.82) is 0 Å². The van der Waals surface area contributed by atoms with Gasteiger partial charge in [-0.05, 0) is 13.8 Å². The van der Waals surface area contributed by atoms with E-state index in [-0.39, 0.29) is 0 Å². The highest BCUT2D eigenvalue weighted by atomic mass is 32.2. The number of hydrogen-bond acceptors (Lipinski definition) is 5. The average Bonchev–Trinajstić information content (AvgIpc) is 2.46. The van der Waals surface area contributed by atoms with Crippen LogP contribution in [0.15, 0.2) is 0 Å². The third-order valence-corrected chi connectivity index (χ3v) is 4.24. The normalized spacial score (nSPS) is 12.7. The minimum absolute atomic E-state index is 0.424. The largest absolute Gasteiger partial charge is 0.480 e. The molecule has 0 saturated carbocycles. The molecule has 1 aromatic rings. The summed E-state index contributed by atoms with van der Waals surface area (Å²) < 4.78 is 0. The van der Waals surface area contributed by atoms with Crippen molar-refractivity contribution in [2.24, 2.45) is 5.73 Å². The highest BCUT2D eigenvalue weighted by Crippen LogP contribution is 2.21. The molecule has 84 valence electrons. The first kappa shape index (κ1) is 12.5. The van der Waals surface area contributed by atoms with Gasteiger partial charge in [0, 0.05) is 16.4 Å². The van der Waals surface area contributed by atoms with Crippen molar-refractivity contribution in [3.05, 3.63) is 15.6 Å². The molecule has 0 amide bonds. The maximum atomic E-state index is 10.4. The number of nitrogens with zero attached hydrogens (tertiary/aromatic N) is 1. The lowest BCUT2D eigenvalue weighted by molar-refractivity contribution is -0.137. The summed E-state index contributed by atoms with van der Waals surface area (Å²) in [7, 11) is 0. The van der Waals surface area contributed by atoms with Crippen LogP contribution in [0.5, 0.6) is 0 Å². The predicted octanol–water partition coefficient (Wildman–Crippen LogP) is 1.41. The lowest BCUT2D eigenvalue weighted by atomic mass is 10.4. The third-order valence-electron chi connectivity index (χ3n) is 1.91. The number of hydrogen-bond donors (Lipinski definition) is 2. The van der Waals surface area contributed by atoms with Gasteiger partial charge in [-0.1, -0.05) is 0 Å². The number of aliphatic carboxylic acids is 1. The molecule has 0 spiro atoms. The summed E-state index contributed by atoms with van der Waals surface area (Å²) in [6.45, 7) is 4.01. The van der Waals surface area contributed by atoms with E-state index in [2.05, 4.69) is 4.98 Å². The van der Waals surface area contributed by atoms with Crippen LogP contribution in [0.25, 0.3) is 0 Å². The Labute approximate surface area is 96.9 Å². The van der Waals surface area contributed by atoms with Crippen LogP contribution in [0.1, 0.15) is 15.6 Å². The van der Waals surface area contributed by atoms with Crippen LogP contribution in [-0.4, -0.2) is 27.9 Å². The topological polar surface area (TPSA) is 76.2 Å². The lowest BCUT2D eigenvalue weighted by Crippen LogP contribution is -2.32. The standard InChI is InChI=1S/C9H14N2O2S2/c1-5-6(2)15-8(11-5)4-14-3-7(10)9(12)13/h7H,3-4,10H2,1-2H3,(H,12,13)/t7-/m1/s1. The number of carbonyl (C=O) groups is 1. The molecule has 0 unspecified atom stereocenters. The van der Waals surface area contributed by atoms with Crippen molar-refractivity contribution >= 4 is 29.1 Å². The van der Waals surface area contributed by atoms with Crippen molar-refractivity contribution in [3.63, 3.8) is 0 Å². The second-order valence-electron chi connectivity index (χ2n) is 3.21. The van der Waals surface area contributed by atoms with Gasteiger partial charge >= 0.3 is 5.97 Å². The number of aryl methyl sites for hydroxylation is 2. The summed E-state index contributed by atoms with van der Waals surface area (Å²) in [5, 5.41) is 9.61. The molecule has 1 heterocycles. The fraction of sp³-hybridized carbons (Fsp3) is 0.556. The van der Waals surface area contributed by atoms with E-state index in [1.54, 1.807) is 11.3 Å². The molecular formula is C9H14N2O2S2. The first-order valence-electron chi connectivity index (χ1n) is 4.49. The Bertz CT molecular complexity index is 332. The summed E-state index contributed by atoms with van der Waals surface area (Å²) >= 11 is 3.16. The Morgan fingerprint density at radius 1 is 1.67 bits per heavy atom. The van der Waals surface area contributed by atoms with E-state index in [0.29, 0.717) is 5.75 Å². The Morgan fingerprint density at radius 3 is 2.80 bits per heavy atom. The summed E-state index contributed by atoms with van der Waals surface area (Å²) in [5.41, 5.74) is 6.43. The van der Waals surface area contributed by atoms with Crippen molar-refractivity contribution in [2.45, 2.75) is 25.6 Å². The number of rotatable bonds is 5. The minimum atomic E-state index is -0.950. The van der Waals surface area contributed by atoms with E-state index < -0.39 is 12.0 Å². The summed E-state index contributed by atoms with van der Waals surface area (Å²) in [6, 6.07) is -0.780. The SMILES string of the molecule is Cc1nc(CSC[C@@H](N)C(=O)O)sc1C. The number of carboxylic acids is 1. The monoisotopic (exact) mass is 246 g/mol. The number of carboxylic acid groups (broad SMARTS) is 1. The minimum Gasteiger partial charge on any atom is -0.480 e. The van der Waals surface area contributed by atoms with Gasteiger partial charge in [-0.2, -0.15) is 11.8 Å². The molecular weight excluding hydrogens is 232 g/mol. The number of thioether (sulfide) groups is 1. The van der Waals surface area contributed by atoms with Crippen molar-refractivity contribution in [1.82, 2.24) is 4.98 Å². The van der Waals surface area contributed by atoms with Gasteiger partial charge in [0.25, 0.3) is 0 Å². The lowest BCUT2D eigenvalue weighted by Gasteiger charge is -2.03. The highest BCUT2D eigenvalue weighted by Gasteiger charge is 2.11. The second-order valence-corrected chi connectivity index (χ2v) is 5.53. The summed E-state index contributed by atoms with van der Waals surface area (Å²) in [4.78, 5) is 16.0. The van der Waals surface area contributed by atoms with Gasteiger partial charge in [-0.3, -0.25) is 4.79 Å². The molecule has 0 aromatic carbocycles. The van der Waals surface area contributed by atoms with Gasteiger partial charge in [0.2, 0.25) is 0 Å². The molecule has 15 heavy (non-hydrogen) atoms. The molecule has 0 saturated heterocycles. The molecule has 1 atom stereocenters. The Kier molecular flexibility index (Phi) is 4.56. The van der Waals surface area contributed by atoms with Crippen molar-refractivity contribution < 1.29 is 9.90 Å². The Hall–Kier alpha value is -0.590. The van der Waals surface area contributed by atoms with Crippen LogP contribution in [0.4, 0.5) is 0 Å². The summed E-state index contributed by atoms with van der Waals surface area (Å²) in [5.74, 6) is 0.210. The smallest absolute Gasteiger partial charge is 0.321 e. The van der Waals surface area contributed by atoms with E-state index >= 15 is 0 Å². The molecule has 3 N–H and O–H groups in total. The second kappa shape index (κ2) is 5.48. The molecule has 0 aliphatic carbocycles. The van der Waals surface area contributed by atoms with Gasteiger partial charge in [0.05, 0.1) is 5.69 Å². The van der Waals surface area contributed by atoms with Gasteiger partial charge in [0.15, 0.2) is 0 Å². The maximum absolute atomic E-state index is 10.4. The fourth-order valence-corrected chi connectivity index (χ4v) is 2.91. The van der Waals surface area contributed by atoms with Gasteiger partial charge in [-0.15, -0.1) is 11.3 Å². The van der Waals surface area contributed by atoms with Gasteiger partial charge < -0.3 is 10.8 Å². The van der Waals surface area contributed by atoms with Crippen molar-refractivity contribution in [2.75, 3.05) is 5.75 Å². The third kappa shape index (κ3) is 3.81. The molecule has 0 fully saturated rings. The first-order chi connectivity index (χ1) is 7.00. The number of aromatic nitrogens is 1.